The molecule has 3 rings (SSSR count). The highest BCUT2D eigenvalue weighted by Gasteiger charge is 2.66. The first kappa shape index (κ1) is 13.5. The zero-order valence-corrected chi connectivity index (χ0v) is 13.1. The lowest BCUT2D eigenvalue weighted by Crippen LogP contribution is -2.37. The number of carbonyl (C=O) groups is 3. The predicted octanol–water partition coefficient (Wildman–Crippen LogP) is 1.24. The molecule has 3 fully saturated rings. The predicted molar refractivity (Wildman–Crippen MR) is 73.0 cm³/mol. The van der Waals surface area contributed by atoms with E-state index in [1.807, 2.05) is 0 Å². The number of amides is 2. The van der Waals surface area contributed by atoms with Crippen molar-refractivity contribution in [1.29, 1.82) is 0 Å². The van der Waals surface area contributed by atoms with Crippen LogP contribution in [0, 0.1) is 23.7 Å². The molecule has 0 aromatic heterocycles. The summed E-state index contributed by atoms with van der Waals surface area (Å²) in [5.41, 5.74) is 0. The number of aliphatic carboxylic acids is 1. The van der Waals surface area contributed by atoms with Gasteiger partial charge in [0.15, 0.2) is 0 Å². The van der Waals surface area contributed by atoms with E-state index in [2.05, 4.69) is 31.9 Å². The molecule has 2 amide bonds. The third kappa shape index (κ3) is 1.81. The van der Waals surface area contributed by atoms with E-state index in [9.17, 15) is 14.4 Å². The highest BCUT2D eigenvalue weighted by Crippen LogP contribution is 2.60. The molecule has 7 heteroatoms. The van der Waals surface area contributed by atoms with E-state index in [1.165, 1.54) is 0 Å². The second kappa shape index (κ2) is 4.55. The summed E-state index contributed by atoms with van der Waals surface area (Å²) >= 11 is 7.21. The minimum absolute atomic E-state index is 0.000650. The SMILES string of the molecule is O=C(O)CCN1C(=O)[C@@H]2[C@H]3C[C@@H]([C@@H](Br)[C@H]3Br)[C@H]2C1=O. The average molecular weight is 395 g/mol. The molecule has 0 aromatic rings. The summed E-state index contributed by atoms with van der Waals surface area (Å²) in [4.78, 5) is 36.8. The Morgan fingerprint density at radius 1 is 1.16 bits per heavy atom. The molecule has 0 radical (unpaired) electrons. The summed E-state index contributed by atoms with van der Waals surface area (Å²) < 4.78 is 0. The van der Waals surface area contributed by atoms with Crippen LogP contribution in [-0.4, -0.2) is 44.0 Å². The van der Waals surface area contributed by atoms with Gasteiger partial charge in [0, 0.05) is 16.2 Å². The fourth-order valence-corrected chi connectivity index (χ4v) is 5.71. The number of halogens is 2. The minimum atomic E-state index is -0.989. The zero-order chi connectivity index (χ0) is 13.9. The third-order valence-electron chi connectivity index (χ3n) is 4.63. The molecule has 5 nitrogen and oxygen atoms in total. The van der Waals surface area contributed by atoms with E-state index in [4.69, 9.17) is 5.11 Å². The van der Waals surface area contributed by atoms with Gasteiger partial charge in [0.05, 0.1) is 18.3 Å². The standard InChI is InChI=1S/C12H13Br2NO4/c13-9-4-3-5(10(9)14)8-7(4)11(18)15(12(8)19)2-1-6(16)17/h4-5,7-10H,1-3H2,(H,16,17)/t4-,5-,7-,8-,9-,10+/m1/s1. The third-order valence-corrected chi connectivity index (χ3v) is 7.83. The Hall–Kier alpha value is -0.430. The maximum absolute atomic E-state index is 12.3. The molecule has 1 N–H and O–H groups in total. The summed E-state index contributed by atoms with van der Waals surface area (Å²) in [6.07, 6.45) is 0.715. The molecule has 2 saturated carbocycles. The van der Waals surface area contributed by atoms with E-state index in [-0.39, 0.29) is 58.1 Å². The van der Waals surface area contributed by atoms with Crippen LogP contribution in [0.5, 0.6) is 0 Å². The number of carbonyl (C=O) groups excluding carboxylic acids is 2. The Kier molecular flexibility index (Phi) is 3.24. The lowest BCUT2D eigenvalue weighted by Gasteiger charge is -2.28. The lowest BCUT2D eigenvalue weighted by atomic mass is 9.81. The molecule has 6 atom stereocenters. The maximum atomic E-state index is 12.3. The number of hydrogen-bond donors (Lipinski definition) is 1. The first-order chi connectivity index (χ1) is 8.93. The molecule has 1 saturated heterocycles. The van der Waals surface area contributed by atoms with E-state index >= 15 is 0 Å². The van der Waals surface area contributed by atoms with Crippen molar-refractivity contribution in [2.75, 3.05) is 6.54 Å². The van der Waals surface area contributed by atoms with E-state index in [0.717, 1.165) is 11.3 Å². The van der Waals surface area contributed by atoms with E-state index < -0.39 is 5.97 Å². The Bertz CT molecular complexity index is 437. The Morgan fingerprint density at radius 2 is 1.63 bits per heavy atom. The van der Waals surface area contributed by atoms with Crippen LogP contribution in [0.15, 0.2) is 0 Å². The fourth-order valence-electron chi connectivity index (χ4n) is 3.84. The lowest BCUT2D eigenvalue weighted by molar-refractivity contribution is -0.142. The van der Waals surface area contributed by atoms with Gasteiger partial charge in [0.2, 0.25) is 11.8 Å². The van der Waals surface area contributed by atoms with Crippen LogP contribution in [0.2, 0.25) is 0 Å². The second-order valence-electron chi connectivity index (χ2n) is 5.48. The monoisotopic (exact) mass is 393 g/mol. The van der Waals surface area contributed by atoms with Crippen molar-refractivity contribution >= 4 is 49.6 Å². The first-order valence-electron chi connectivity index (χ1n) is 6.28. The number of fused-ring (bicyclic) bond motifs is 5. The van der Waals surface area contributed by atoms with Crippen molar-refractivity contribution in [3.63, 3.8) is 0 Å². The van der Waals surface area contributed by atoms with Gasteiger partial charge >= 0.3 is 5.97 Å². The molecular formula is C12H13Br2NO4. The summed E-state index contributed by atoms with van der Waals surface area (Å²) in [5.74, 6) is -1.46. The Labute approximate surface area is 127 Å². The number of carboxylic acids is 1. The van der Waals surface area contributed by atoms with E-state index in [1.54, 1.807) is 0 Å². The quantitative estimate of drug-likeness (QED) is 0.577. The number of hydrogen-bond acceptors (Lipinski definition) is 3. The van der Waals surface area contributed by atoms with Gasteiger partial charge in [-0.3, -0.25) is 19.3 Å². The molecule has 2 aliphatic carbocycles. The second-order valence-corrected chi connectivity index (χ2v) is 7.59. The largest absolute Gasteiger partial charge is 0.481 e. The van der Waals surface area contributed by atoms with Crippen LogP contribution in [-0.2, 0) is 14.4 Å². The van der Waals surface area contributed by atoms with Gasteiger partial charge in [-0.05, 0) is 18.3 Å². The topological polar surface area (TPSA) is 74.7 Å². The number of imide groups is 1. The summed E-state index contributed by atoms with van der Waals surface area (Å²) in [7, 11) is 0. The fraction of sp³-hybridized carbons (Fsp3) is 0.750. The van der Waals surface area contributed by atoms with Gasteiger partial charge in [0.1, 0.15) is 0 Å². The molecule has 3 aliphatic rings. The van der Waals surface area contributed by atoms with Gasteiger partial charge in [-0.25, -0.2) is 0 Å². The molecule has 0 aromatic carbocycles. The average Bonchev–Trinajstić information content (AvgIpc) is 2.93. The van der Waals surface area contributed by atoms with E-state index in [0.29, 0.717) is 0 Å². The molecule has 0 unspecified atom stereocenters. The molecule has 0 spiro atoms. The van der Waals surface area contributed by atoms with Crippen molar-refractivity contribution in [2.24, 2.45) is 23.7 Å². The Morgan fingerprint density at radius 3 is 2.05 bits per heavy atom. The number of nitrogens with zero attached hydrogens (tertiary/aromatic N) is 1. The molecule has 2 bridgehead atoms. The van der Waals surface area contributed by atoms with Crippen molar-refractivity contribution < 1.29 is 19.5 Å². The highest BCUT2D eigenvalue weighted by atomic mass is 79.9. The van der Waals surface area contributed by atoms with Crippen LogP contribution < -0.4 is 0 Å². The molecule has 1 aliphatic heterocycles. The van der Waals surface area contributed by atoms with Crippen LogP contribution in [0.25, 0.3) is 0 Å². The van der Waals surface area contributed by atoms with Gasteiger partial charge in [-0.1, -0.05) is 31.9 Å². The normalized spacial score (nSPS) is 44.0. The number of carboxylic acid groups (broad SMARTS) is 1. The molecule has 19 heavy (non-hydrogen) atoms. The van der Waals surface area contributed by atoms with Crippen molar-refractivity contribution in [2.45, 2.75) is 22.5 Å². The van der Waals surface area contributed by atoms with Crippen molar-refractivity contribution in [3.05, 3.63) is 0 Å². The number of likely N-dealkylation sites (tertiary alicyclic amines) is 1. The molecular weight excluding hydrogens is 382 g/mol. The zero-order valence-electron chi connectivity index (χ0n) is 9.96. The van der Waals surface area contributed by atoms with Gasteiger partial charge < -0.3 is 5.11 Å². The minimum Gasteiger partial charge on any atom is -0.481 e. The van der Waals surface area contributed by atoms with Gasteiger partial charge in [0.25, 0.3) is 0 Å². The summed E-state index contributed by atoms with van der Waals surface area (Å²) in [6, 6.07) is 0. The van der Waals surface area contributed by atoms with Gasteiger partial charge in [-0.15, -0.1) is 0 Å². The van der Waals surface area contributed by atoms with Crippen LogP contribution in [0.3, 0.4) is 0 Å². The first-order valence-corrected chi connectivity index (χ1v) is 8.11. The number of rotatable bonds is 3. The van der Waals surface area contributed by atoms with Gasteiger partial charge in [-0.2, -0.15) is 0 Å². The molecule has 1 heterocycles. The highest BCUT2D eigenvalue weighted by molar-refractivity contribution is 9.12. The summed E-state index contributed by atoms with van der Waals surface area (Å²) in [5, 5.41) is 8.69. The molecule has 104 valence electrons. The summed E-state index contributed by atoms with van der Waals surface area (Å²) in [6.45, 7) is -0.000650. The van der Waals surface area contributed by atoms with Crippen LogP contribution in [0.1, 0.15) is 12.8 Å². The van der Waals surface area contributed by atoms with Crippen LogP contribution in [0.4, 0.5) is 0 Å². The number of alkyl halides is 2. The van der Waals surface area contributed by atoms with Crippen molar-refractivity contribution in [3.8, 4) is 0 Å². The van der Waals surface area contributed by atoms with Crippen molar-refractivity contribution in [1.82, 2.24) is 4.90 Å². The van der Waals surface area contributed by atoms with Crippen LogP contribution >= 0.6 is 31.9 Å². The Balaban J connectivity index is 1.83. The smallest absolute Gasteiger partial charge is 0.305 e. The maximum Gasteiger partial charge on any atom is 0.305 e.